The second kappa shape index (κ2) is 14.6. The summed E-state index contributed by atoms with van der Waals surface area (Å²) in [6, 6.07) is 74.9. The molecule has 1 aliphatic rings. The van der Waals surface area contributed by atoms with Gasteiger partial charge in [-0.1, -0.05) is 164 Å². The molecule has 0 aliphatic heterocycles. The summed E-state index contributed by atoms with van der Waals surface area (Å²) in [5, 5.41) is 8.48. The van der Waals surface area contributed by atoms with Gasteiger partial charge in [-0.15, -0.1) is 0 Å². The number of anilines is 3. The Morgan fingerprint density at radius 3 is 1.88 bits per heavy atom. The third-order valence-corrected chi connectivity index (χ3v) is 13.2. The average molecular weight is 820 g/mol. The molecule has 302 valence electrons. The first-order valence-corrected chi connectivity index (χ1v) is 22.1. The molecule has 0 N–H and O–H groups in total. The molecule has 12 aromatic rings. The van der Waals surface area contributed by atoms with Crippen LogP contribution in [-0.2, 0) is 0 Å². The molecule has 0 fully saturated rings. The standard InChI is InChI=1S/C60H41N3O/c1-3-18-43(19-4-1)62-52-27-11-9-23-50(52)59-58-49(26-14-28-54(58)63(60(59)62)44-20-5-2-6-21-44)42-34-38-46(39-35-42)61(53-29-15-31-56-57(53)51-24-10-12-30-55(51)64-56)45-36-32-41(33-37-45)48-25-13-17-40-16-7-8-22-47(40)48/h1-18,20-39,43H,19H2. The molecule has 9 aromatic carbocycles. The summed E-state index contributed by atoms with van der Waals surface area (Å²) in [5.74, 6) is 0. The van der Waals surface area contributed by atoms with Crippen LogP contribution in [0.1, 0.15) is 12.5 Å². The van der Waals surface area contributed by atoms with Crippen LogP contribution >= 0.6 is 0 Å². The van der Waals surface area contributed by atoms with Crippen molar-refractivity contribution >= 4 is 82.6 Å². The lowest BCUT2D eigenvalue weighted by Crippen LogP contribution is -2.10. The van der Waals surface area contributed by atoms with Gasteiger partial charge >= 0.3 is 0 Å². The van der Waals surface area contributed by atoms with Crippen molar-refractivity contribution in [3.8, 4) is 27.9 Å². The molecule has 64 heavy (non-hydrogen) atoms. The molecule has 3 aromatic heterocycles. The zero-order chi connectivity index (χ0) is 42.1. The largest absolute Gasteiger partial charge is 0.456 e. The predicted molar refractivity (Wildman–Crippen MR) is 269 cm³/mol. The van der Waals surface area contributed by atoms with Crippen LogP contribution in [0.5, 0.6) is 0 Å². The van der Waals surface area contributed by atoms with Crippen molar-refractivity contribution in [2.45, 2.75) is 12.5 Å². The molecule has 0 bridgehead atoms. The minimum absolute atomic E-state index is 0.200. The Bertz CT molecular complexity index is 3800. The summed E-state index contributed by atoms with van der Waals surface area (Å²) in [6.45, 7) is 0. The van der Waals surface area contributed by atoms with Crippen molar-refractivity contribution in [1.29, 1.82) is 0 Å². The van der Waals surface area contributed by atoms with E-state index in [1.807, 2.05) is 6.07 Å². The first-order valence-electron chi connectivity index (χ1n) is 22.1. The molecule has 13 rings (SSSR count). The van der Waals surface area contributed by atoms with Crippen molar-refractivity contribution < 1.29 is 4.42 Å². The number of rotatable bonds is 7. The molecule has 1 atom stereocenters. The summed E-state index contributed by atoms with van der Waals surface area (Å²) in [7, 11) is 0. The molecule has 0 saturated carbocycles. The molecule has 0 spiro atoms. The Kier molecular flexibility index (Phi) is 8.31. The van der Waals surface area contributed by atoms with Gasteiger partial charge in [0.1, 0.15) is 16.8 Å². The molecule has 1 unspecified atom stereocenters. The van der Waals surface area contributed by atoms with Crippen molar-refractivity contribution in [2.24, 2.45) is 0 Å². The highest BCUT2D eigenvalue weighted by atomic mass is 16.3. The quantitative estimate of drug-likeness (QED) is 0.160. The number of aromatic nitrogens is 2. The Morgan fingerprint density at radius 1 is 0.453 bits per heavy atom. The van der Waals surface area contributed by atoms with E-state index < -0.39 is 0 Å². The molecule has 1 aliphatic carbocycles. The maximum Gasteiger partial charge on any atom is 0.137 e. The van der Waals surface area contributed by atoms with E-state index in [0.717, 1.165) is 56.7 Å². The van der Waals surface area contributed by atoms with E-state index in [-0.39, 0.29) is 6.04 Å². The Labute approximate surface area is 370 Å². The van der Waals surface area contributed by atoms with Gasteiger partial charge in [0.25, 0.3) is 0 Å². The lowest BCUT2D eigenvalue weighted by molar-refractivity contribution is 0.640. The van der Waals surface area contributed by atoms with Crippen LogP contribution < -0.4 is 4.90 Å². The minimum Gasteiger partial charge on any atom is -0.456 e. The molecule has 0 amide bonds. The first kappa shape index (κ1) is 36.3. The van der Waals surface area contributed by atoms with Gasteiger partial charge in [0.2, 0.25) is 0 Å². The molecule has 3 heterocycles. The molecule has 0 saturated heterocycles. The lowest BCUT2D eigenvalue weighted by atomic mass is 9.97. The molecule has 4 nitrogen and oxygen atoms in total. The van der Waals surface area contributed by atoms with Gasteiger partial charge in [-0.2, -0.15) is 0 Å². The van der Waals surface area contributed by atoms with Crippen LogP contribution in [0, 0.1) is 0 Å². The van der Waals surface area contributed by atoms with Crippen LogP contribution in [0.3, 0.4) is 0 Å². The Morgan fingerprint density at radius 2 is 1.08 bits per heavy atom. The van der Waals surface area contributed by atoms with E-state index in [4.69, 9.17) is 4.42 Å². The van der Waals surface area contributed by atoms with E-state index in [2.05, 4.69) is 239 Å². The number of hydrogen-bond acceptors (Lipinski definition) is 2. The van der Waals surface area contributed by atoms with Crippen molar-refractivity contribution in [2.75, 3.05) is 4.90 Å². The van der Waals surface area contributed by atoms with E-state index in [0.29, 0.717) is 0 Å². The molecular formula is C60H41N3O. The van der Waals surface area contributed by atoms with E-state index in [9.17, 15) is 0 Å². The monoisotopic (exact) mass is 819 g/mol. The topological polar surface area (TPSA) is 26.2 Å². The van der Waals surface area contributed by atoms with Crippen molar-refractivity contribution in [3.63, 3.8) is 0 Å². The predicted octanol–water partition coefficient (Wildman–Crippen LogP) is 16.7. The normalized spacial score (nSPS) is 13.9. The fraction of sp³-hybridized carbons (Fsp3) is 0.0333. The van der Waals surface area contributed by atoms with Crippen LogP contribution in [-0.4, -0.2) is 9.13 Å². The second-order valence-corrected chi connectivity index (χ2v) is 16.8. The maximum atomic E-state index is 6.45. The third-order valence-electron chi connectivity index (χ3n) is 13.2. The van der Waals surface area contributed by atoms with Gasteiger partial charge in [-0.05, 0) is 106 Å². The highest BCUT2D eigenvalue weighted by Crippen LogP contribution is 2.47. The van der Waals surface area contributed by atoms with Crippen LogP contribution in [0.25, 0.3) is 93.5 Å². The average Bonchev–Trinajstić information content (AvgIpc) is 4.03. The van der Waals surface area contributed by atoms with Crippen LogP contribution in [0.2, 0.25) is 0 Å². The molecule has 4 heteroatoms. The van der Waals surface area contributed by atoms with E-state index >= 15 is 0 Å². The van der Waals surface area contributed by atoms with Gasteiger partial charge in [-0.3, -0.25) is 4.57 Å². The Balaban J connectivity index is 1.00. The first-order chi connectivity index (χ1) is 31.8. The highest BCUT2D eigenvalue weighted by molar-refractivity contribution is 6.25. The number of allylic oxidation sites excluding steroid dienone is 4. The van der Waals surface area contributed by atoms with E-state index in [1.165, 1.54) is 60.3 Å². The summed E-state index contributed by atoms with van der Waals surface area (Å²) in [5.41, 5.74) is 14.5. The molecular weight excluding hydrogens is 779 g/mol. The van der Waals surface area contributed by atoms with E-state index in [1.54, 1.807) is 0 Å². The fourth-order valence-electron chi connectivity index (χ4n) is 10.4. The highest BCUT2D eigenvalue weighted by Gasteiger charge is 2.26. The molecule has 0 radical (unpaired) electrons. The number of fused-ring (bicyclic) bond motifs is 9. The van der Waals surface area contributed by atoms with Gasteiger partial charge in [-0.25, -0.2) is 0 Å². The maximum absolute atomic E-state index is 6.45. The second-order valence-electron chi connectivity index (χ2n) is 16.8. The summed E-state index contributed by atoms with van der Waals surface area (Å²) in [4.78, 5) is 2.38. The number of furan rings is 1. The van der Waals surface area contributed by atoms with Gasteiger partial charge in [0.15, 0.2) is 0 Å². The smallest absolute Gasteiger partial charge is 0.137 e. The zero-order valence-electron chi connectivity index (χ0n) is 35.0. The van der Waals surface area contributed by atoms with Crippen molar-refractivity contribution in [3.05, 3.63) is 231 Å². The summed E-state index contributed by atoms with van der Waals surface area (Å²) < 4.78 is 11.5. The van der Waals surface area contributed by atoms with Crippen LogP contribution in [0.15, 0.2) is 235 Å². The summed E-state index contributed by atoms with van der Waals surface area (Å²) >= 11 is 0. The van der Waals surface area contributed by atoms with Gasteiger partial charge in [0.05, 0.1) is 28.1 Å². The van der Waals surface area contributed by atoms with Crippen molar-refractivity contribution in [1.82, 2.24) is 9.13 Å². The summed E-state index contributed by atoms with van der Waals surface area (Å²) in [6.07, 6.45) is 9.92. The minimum atomic E-state index is 0.200. The number of nitrogens with zero attached hydrogens (tertiary/aromatic N) is 3. The Hall–Kier alpha value is -8.34. The number of hydrogen-bond donors (Lipinski definition) is 0. The zero-order valence-corrected chi connectivity index (χ0v) is 35.0. The fourth-order valence-corrected chi connectivity index (χ4v) is 10.4. The number of benzene rings is 9. The lowest BCUT2D eigenvalue weighted by Gasteiger charge is -2.27. The SMILES string of the molecule is C1=CCC(n2c3ccccc3c3c4c(-c5ccc(N(c6ccc(-c7cccc8ccccc78)cc6)c6cccc7oc8ccccc8c67)cc5)cccc4n(-c4ccccc4)c32)C=C1. The third kappa shape index (κ3) is 5.62. The van der Waals surface area contributed by atoms with Gasteiger partial charge < -0.3 is 13.9 Å². The van der Waals surface area contributed by atoms with Gasteiger partial charge in [0, 0.05) is 38.6 Å². The number of para-hydroxylation sites is 3. The van der Waals surface area contributed by atoms with Crippen LogP contribution in [0.4, 0.5) is 17.1 Å².